The summed E-state index contributed by atoms with van der Waals surface area (Å²) >= 11 is 3.69. The van der Waals surface area contributed by atoms with Crippen molar-refractivity contribution in [2.45, 2.75) is 0 Å². The summed E-state index contributed by atoms with van der Waals surface area (Å²) < 4.78 is 34.2. The van der Waals surface area contributed by atoms with Crippen LogP contribution in [0.3, 0.4) is 0 Å². The van der Waals surface area contributed by atoms with E-state index in [-0.39, 0.29) is 0 Å². The highest BCUT2D eigenvalue weighted by Crippen LogP contribution is 2.59. The highest BCUT2D eigenvalue weighted by Gasteiger charge is 2.46. The van der Waals surface area contributed by atoms with Crippen LogP contribution in [-0.2, 0) is 4.57 Å². The minimum absolute atomic E-state index is 0.575. The van der Waals surface area contributed by atoms with Gasteiger partial charge < -0.3 is 14.0 Å². The lowest BCUT2D eigenvalue weighted by molar-refractivity contribution is 0.462. The van der Waals surface area contributed by atoms with E-state index in [9.17, 15) is 0 Å². The van der Waals surface area contributed by atoms with Gasteiger partial charge in [0.25, 0.3) is 0 Å². The van der Waals surface area contributed by atoms with Crippen LogP contribution < -0.4 is 25.4 Å². The molecule has 282 valence electrons. The van der Waals surface area contributed by atoms with Gasteiger partial charge in [-0.15, -0.1) is 22.7 Å². The van der Waals surface area contributed by atoms with Crippen LogP contribution in [0.15, 0.2) is 188 Å². The maximum absolute atomic E-state index is 15.8. The van der Waals surface area contributed by atoms with E-state index in [0.29, 0.717) is 38.9 Å². The largest absolute Gasteiger partial charge is 0.456 e. The molecule has 2 aromatic heterocycles. The van der Waals surface area contributed by atoms with Crippen molar-refractivity contribution in [3.63, 3.8) is 0 Å². The second-order valence-corrected chi connectivity index (χ2v) is 20.2. The van der Waals surface area contributed by atoms with Crippen molar-refractivity contribution >= 4 is 86.1 Å². The van der Waals surface area contributed by atoms with Crippen LogP contribution in [-0.4, -0.2) is 0 Å². The average molecular weight is 823 g/mol. The molecule has 0 radical (unpaired) electrons. The van der Waals surface area contributed by atoms with Gasteiger partial charge in [-0.3, -0.25) is 0 Å². The van der Waals surface area contributed by atoms with Gasteiger partial charge in [-0.25, -0.2) is 0 Å². The lowest BCUT2D eigenvalue weighted by Crippen LogP contribution is -2.35. The monoisotopic (exact) mass is 822 g/mol. The molecule has 6 heteroatoms. The van der Waals surface area contributed by atoms with Crippen molar-refractivity contribution in [3.8, 4) is 67.5 Å². The third-order valence-electron chi connectivity index (χ3n) is 12.2. The molecule has 2 aliphatic heterocycles. The number of thiophene rings is 2. The second kappa shape index (κ2) is 12.9. The molecule has 0 saturated heterocycles. The predicted molar refractivity (Wildman–Crippen MR) is 254 cm³/mol. The number of hydrogen-bond donors (Lipinski definition) is 0. The fraction of sp³-hybridized carbons (Fsp3) is 0. The average Bonchev–Trinajstić information content (AvgIpc) is 3.88. The number of rotatable bonds is 4. The first kappa shape index (κ1) is 34.1. The summed E-state index contributed by atoms with van der Waals surface area (Å²) in [5.74, 6) is 2.37. The molecule has 0 fully saturated rings. The van der Waals surface area contributed by atoms with E-state index in [0.717, 1.165) is 22.3 Å². The van der Waals surface area contributed by atoms with Crippen molar-refractivity contribution in [1.29, 1.82) is 0 Å². The van der Waals surface area contributed by atoms with Crippen molar-refractivity contribution in [2.75, 3.05) is 0 Å². The summed E-state index contributed by atoms with van der Waals surface area (Å²) in [6.45, 7) is 0. The third-order valence-corrected chi connectivity index (χ3v) is 17.8. The third kappa shape index (κ3) is 4.98. The Bertz CT molecular complexity index is 3400. The molecule has 13 rings (SSSR count). The predicted octanol–water partition coefficient (Wildman–Crippen LogP) is 14.9. The Kier molecular flexibility index (Phi) is 7.33. The van der Waals surface area contributed by atoms with Crippen LogP contribution in [0.5, 0.6) is 23.0 Å². The molecule has 0 amide bonds. The van der Waals surface area contributed by atoms with E-state index in [1.165, 1.54) is 62.6 Å². The molecule has 11 aromatic rings. The number of fused-ring (bicyclic) bond motifs is 10. The Morgan fingerprint density at radius 2 is 0.750 bits per heavy atom. The topological polar surface area (TPSA) is 35.5 Å². The maximum Gasteiger partial charge on any atom is 0.185 e. The standard InChI is InChI=1S/C54H31O3PS2/c55-58-48-28-26-36(32-18-22-34(23-19-32)38-10-5-12-42-40-8-1-3-16-50(40)59-53(38)42)30-46(48)56-44-14-7-15-45(52(44)58)57-47-31-37(27-29-49(47)58)33-20-24-35(25-21-33)39-11-6-13-43-41-9-2-4-17-51(41)60-54(39)43/h1-31H. The lowest BCUT2D eigenvalue weighted by Gasteiger charge is -2.34. The summed E-state index contributed by atoms with van der Waals surface area (Å²) in [4.78, 5) is 0. The number of benzene rings is 9. The molecule has 0 spiro atoms. The van der Waals surface area contributed by atoms with Gasteiger partial charge in [-0.1, -0.05) is 140 Å². The first-order valence-electron chi connectivity index (χ1n) is 20.0. The van der Waals surface area contributed by atoms with Crippen LogP contribution in [0, 0.1) is 0 Å². The van der Waals surface area contributed by atoms with Crippen LogP contribution in [0.25, 0.3) is 84.9 Å². The first-order valence-corrected chi connectivity index (χ1v) is 23.3. The summed E-state index contributed by atoms with van der Waals surface area (Å²) in [6.07, 6.45) is 0. The zero-order valence-corrected chi connectivity index (χ0v) is 34.4. The number of hydrogen-bond acceptors (Lipinski definition) is 5. The van der Waals surface area contributed by atoms with Crippen molar-refractivity contribution < 1.29 is 14.0 Å². The normalized spacial score (nSPS) is 13.5. The molecule has 4 heterocycles. The van der Waals surface area contributed by atoms with Crippen LogP contribution in [0.2, 0.25) is 0 Å². The van der Waals surface area contributed by atoms with Crippen molar-refractivity contribution in [1.82, 2.24) is 0 Å². The molecule has 2 aliphatic rings. The Balaban J connectivity index is 0.845. The minimum Gasteiger partial charge on any atom is -0.456 e. The van der Waals surface area contributed by atoms with Gasteiger partial charge in [-0.05, 0) is 93.0 Å². The molecule has 0 N–H and O–H groups in total. The zero-order valence-electron chi connectivity index (χ0n) is 31.9. The molecule has 0 aliphatic carbocycles. The molecule has 3 nitrogen and oxygen atoms in total. The number of ether oxygens (including phenoxy) is 2. The summed E-state index contributed by atoms with van der Waals surface area (Å²) in [5, 5.41) is 7.19. The zero-order chi connectivity index (χ0) is 39.5. The minimum atomic E-state index is -3.35. The van der Waals surface area contributed by atoms with Gasteiger partial charge in [0.15, 0.2) is 7.14 Å². The molecule has 0 saturated carbocycles. The molecule has 0 bridgehead atoms. The smallest absolute Gasteiger partial charge is 0.185 e. The summed E-state index contributed by atoms with van der Waals surface area (Å²) in [7, 11) is -3.35. The van der Waals surface area contributed by atoms with Gasteiger partial charge in [-0.2, -0.15) is 0 Å². The second-order valence-electron chi connectivity index (χ2n) is 15.5. The van der Waals surface area contributed by atoms with Crippen molar-refractivity contribution in [2.24, 2.45) is 0 Å². The van der Waals surface area contributed by atoms with Gasteiger partial charge >= 0.3 is 0 Å². The van der Waals surface area contributed by atoms with E-state index in [2.05, 4.69) is 146 Å². The van der Waals surface area contributed by atoms with Crippen molar-refractivity contribution in [3.05, 3.63) is 188 Å². The summed E-state index contributed by atoms with van der Waals surface area (Å²) in [6, 6.07) is 65.8. The summed E-state index contributed by atoms with van der Waals surface area (Å²) in [5.41, 5.74) is 8.96. The van der Waals surface area contributed by atoms with Gasteiger partial charge in [0.2, 0.25) is 0 Å². The quantitative estimate of drug-likeness (QED) is 0.166. The van der Waals surface area contributed by atoms with Gasteiger partial charge in [0, 0.05) is 40.3 Å². The van der Waals surface area contributed by atoms with Gasteiger partial charge in [0.1, 0.15) is 28.3 Å². The Labute approximate surface area is 353 Å². The highest BCUT2D eigenvalue weighted by molar-refractivity contribution is 7.86. The van der Waals surface area contributed by atoms with Crippen LogP contribution >= 0.6 is 29.8 Å². The van der Waals surface area contributed by atoms with E-state index in [1.807, 2.05) is 65.1 Å². The molecule has 0 unspecified atom stereocenters. The maximum atomic E-state index is 15.8. The molecule has 0 atom stereocenters. The van der Waals surface area contributed by atoms with E-state index in [4.69, 9.17) is 9.47 Å². The van der Waals surface area contributed by atoms with Crippen LogP contribution in [0.4, 0.5) is 0 Å². The SMILES string of the molecule is O=P12c3ccc(-c4ccc(-c5cccc6c5sc5ccccc56)cc4)cc3Oc3cccc(c31)Oc1cc(-c3ccc(-c4cccc5c4sc4ccccc45)cc3)ccc12. The Morgan fingerprint density at radius 3 is 1.23 bits per heavy atom. The highest BCUT2D eigenvalue weighted by atomic mass is 32.1. The molecular weight excluding hydrogens is 792 g/mol. The van der Waals surface area contributed by atoms with E-state index in [1.54, 1.807) is 0 Å². The fourth-order valence-corrected chi connectivity index (χ4v) is 14.8. The molecule has 60 heavy (non-hydrogen) atoms. The van der Waals surface area contributed by atoms with E-state index >= 15 is 4.57 Å². The van der Waals surface area contributed by atoms with Gasteiger partial charge in [0.05, 0.1) is 10.6 Å². The molecular formula is C54H31O3PS2. The Hall–Kier alpha value is -6.75. The first-order chi connectivity index (χ1) is 29.6. The fourth-order valence-electron chi connectivity index (χ4n) is 9.29. The van der Waals surface area contributed by atoms with E-state index < -0.39 is 7.14 Å². The molecule has 9 aromatic carbocycles. The van der Waals surface area contributed by atoms with Crippen LogP contribution in [0.1, 0.15) is 0 Å². The Morgan fingerprint density at radius 1 is 0.350 bits per heavy atom. The lowest BCUT2D eigenvalue weighted by atomic mass is 9.99.